The first-order valence-corrected chi connectivity index (χ1v) is 6.77. The van der Waals surface area contributed by atoms with Crippen LogP contribution in [0, 0.1) is 5.92 Å². The van der Waals surface area contributed by atoms with E-state index in [-0.39, 0.29) is 11.8 Å². The van der Waals surface area contributed by atoms with Crippen LogP contribution in [0.15, 0.2) is 0 Å². The van der Waals surface area contributed by atoms with Gasteiger partial charge in [0.25, 0.3) is 0 Å². The maximum atomic E-state index is 11.7. The zero-order valence-corrected chi connectivity index (χ0v) is 11.3. The van der Waals surface area contributed by atoms with Gasteiger partial charge in [-0.3, -0.25) is 9.69 Å². The minimum absolute atomic E-state index is 0.0288. The number of aliphatic hydroxyl groups excluding tert-OH is 1. The molecule has 0 saturated heterocycles. The number of carbonyl (C=O) groups is 1. The summed E-state index contributed by atoms with van der Waals surface area (Å²) in [5.74, 6) is 0.266. The second-order valence-electron chi connectivity index (χ2n) is 5.05. The largest absolute Gasteiger partial charge is 0.391 e. The van der Waals surface area contributed by atoms with E-state index in [9.17, 15) is 9.90 Å². The molecule has 0 heterocycles. The van der Waals surface area contributed by atoms with Gasteiger partial charge in [-0.1, -0.05) is 27.2 Å². The Morgan fingerprint density at radius 1 is 1.47 bits per heavy atom. The summed E-state index contributed by atoms with van der Waals surface area (Å²) < 4.78 is 0. The summed E-state index contributed by atoms with van der Waals surface area (Å²) in [6, 6.07) is 0.616. The maximum absolute atomic E-state index is 11.7. The standard InChI is InChI=1S/C13H26N2O2/c1-4-10(3)12(16)8-14-13(17)9-15(5-2)11-6-7-11/h10-12,16H,4-9H2,1-3H3,(H,14,17). The highest BCUT2D eigenvalue weighted by Gasteiger charge is 2.29. The molecule has 1 amide bonds. The molecule has 1 aliphatic carbocycles. The molecule has 2 N–H and O–H groups in total. The van der Waals surface area contributed by atoms with Crippen molar-refractivity contribution in [1.29, 1.82) is 0 Å². The molecule has 0 aromatic carbocycles. The second kappa shape index (κ2) is 6.97. The van der Waals surface area contributed by atoms with Crippen molar-refractivity contribution in [2.75, 3.05) is 19.6 Å². The Labute approximate surface area is 104 Å². The number of likely N-dealkylation sites (N-methyl/N-ethyl adjacent to an activating group) is 1. The number of carbonyl (C=O) groups excluding carboxylic acids is 1. The molecular weight excluding hydrogens is 216 g/mol. The smallest absolute Gasteiger partial charge is 0.234 e. The Morgan fingerprint density at radius 2 is 2.12 bits per heavy atom. The van der Waals surface area contributed by atoms with Crippen molar-refractivity contribution in [1.82, 2.24) is 10.2 Å². The van der Waals surface area contributed by atoms with E-state index in [1.54, 1.807) is 0 Å². The van der Waals surface area contributed by atoms with Crippen LogP contribution < -0.4 is 5.32 Å². The van der Waals surface area contributed by atoms with Gasteiger partial charge in [-0.2, -0.15) is 0 Å². The van der Waals surface area contributed by atoms with Crippen LogP contribution in [0.5, 0.6) is 0 Å². The van der Waals surface area contributed by atoms with Crippen LogP contribution >= 0.6 is 0 Å². The summed E-state index contributed by atoms with van der Waals surface area (Å²) in [5.41, 5.74) is 0. The molecule has 17 heavy (non-hydrogen) atoms. The zero-order chi connectivity index (χ0) is 12.8. The molecule has 0 bridgehead atoms. The van der Waals surface area contributed by atoms with E-state index in [1.807, 2.05) is 13.8 Å². The summed E-state index contributed by atoms with van der Waals surface area (Å²) in [6.07, 6.45) is 2.94. The number of aliphatic hydroxyl groups is 1. The molecule has 2 unspecified atom stereocenters. The second-order valence-corrected chi connectivity index (χ2v) is 5.05. The van der Waals surface area contributed by atoms with Gasteiger partial charge in [0, 0.05) is 12.6 Å². The topological polar surface area (TPSA) is 52.6 Å². The molecule has 2 atom stereocenters. The number of hydrogen-bond donors (Lipinski definition) is 2. The Balaban J connectivity index is 2.19. The van der Waals surface area contributed by atoms with Crippen LogP contribution in [0.3, 0.4) is 0 Å². The monoisotopic (exact) mass is 242 g/mol. The van der Waals surface area contributed by atoms with Crippen molar-refractivity contribution in [3.8, 4) is 0 Å². The Kier molecular flexibility index (Phi) is 5.92. The summed E-state index contributed by atoms with van der Waals surface area (Å²) >= 11 is 0. The van der Waals surface area contributed by atoms with Crippen LogP contribution in [0.4, 0.5) is 0 Å². The van der Waals surface area contributed by atoms with Crippen molar-refractivity contribution in [2.45, 2.75) is 52.2 Å². The molecule has 1 fully saturated rings. The molecule has 4 heteroatoms. The van der Waals surface area contributed by atoms with Crippen LogP contribution in [-0.2, 0) is 4.79 Å². The quantitative estimate of drug-likeness (QED) is 0.667. The molecule has 0 aromatic rings. The highest BCUT2D eigenvalue weighted by molar-refractivity contribution is 5.78. The number of amides is 1. The van der Waals surface area contributed by atoms with Gasteiger partial charge in [-0.05, 0) is 25.3 Å². The maximum Gasteiger partial charge on any atom is 0.234 e. The average Bonchev–Trinajstić information content (AvgIpc) is 3.15. The molecular formula is C13H26N2O2. The van der Waals surface area contributed by atoms with Crippen molar-refractivity contribution < 1.29 is 9.90 Å². The lowest BCUT2D eigenvalue weighted by molar-refractivity contribution is -0.123. The van der Waals surface area contributed by atoms with E-state index >= 15 is 0 Å². The lowest BCUT2D eigenvalue weighted by Crippen LogP contribution is -2.42. The van der Waals surface area contributed by atoms with E-state index in [2.05, 4.69) is 17.1 Å². The predicted molar refractivity (Wildman–Crippen MR) is 68.7 cm³/mol. The normalized spacial score (nSPS) is 19.1. The minimum Gasteiger partial charge on any atom is -0.391 e. The Bertz CT molecular complexity index is 242. The van der Waals surface area contributed by atoms with E-state index in [0.29, 0.717) is 19.1 Å². The van der Waals surface area contributed by atoms with Gasteiger partial charge >= 0.3 is 0 Å². The van der Waals surface area contributed by atoms with Gasteiger partial charge in [0.15, 0.2) is 0 Å². The lowest BCUT2D eigenvalue weighted by atomic mass is 10.0. The van der Waals surface area contributed by atoms with Crippen LogP contribution in [0.2, 0.25) is 0 Å². The van der Waals surface area contributed by atoms with Gasteiger partial charge in [-0.15, -0.1) is 0 Å². The summed E-state index contributed by atoms with van der Waals surface area (Å²) in [7, 11) is 0. The van der Waals surface area contributed by atoms with E-state index in [4.69, 9.17) is 0 Å². The van der Waals surface area contributed by atoms with Gasteiger partial charge in [-0.25, -0.2) is 0 Å². The minimum atomic E-state index is -0.431. The average molecular weight is 242 g/mol. The fourth-order valence-electron chi connectivity index (χ4n) is 1.87. The van der Waals surface area contributed by atoms with E-state index in [1.165, 1.54) is 12.8 Å². The van der Waals surface area contributed by atoms with Gasteiger partial charge in [0.05, 0.1) is 12.6 Å². The molecule has 0 radical (unpaired) electrons. The van der Waals surface area contributed by atoms with Crippen molar-refractivity contribution in [3.05, 3.63) is 0 Å². The zero-order valence-electron chi connectivity index (χ0n) is 11.3. The van der Waals surface area contributed by atoms with Crippen molar-refractivity contribution in [2.24, 2.45) is 5.92 Å². The third kappa shape index (κ3) is 5.04. The lowest BCUT2D eigenvalue weighted by Gasteiger charge is -2.21. The molecule has 100 valence electrons. The van der Waals surface area contributed by atoms with Crippen LogP contribution in [-0.4, -0.2) is 47.7 Å². The Morgan fingerprint density at radius 3 is 2.59 bits per heavy atom. The third-order valence-corrected chi connectivity index (χ3v) is 3.63. The molecule has 1 saturated carbocycles. The number of hydrogen-bond acceptors (Lipinski definition) is 3. The van der Waals surface area contributed by atoms with Gasteiger partial charge in [0.2, 0.25) is 5.91 Å². The highest BCUT2D eigenvalue weighted by Crippen LogP contribution is 2.25. The molecule has 1 rings (SSSR count). The molecule has 0 aromatic heterocycles. The molecule has 0 aliphatic heterocycles. The number of nitrogens with zero attached hydrogens (tertiary/aromatic N) is 1. The first-order chi connectivity index (χ1) is 8.08. The summed E-state index contributed by atoms with van der Waals surface area (Å²) in [4.78, 5) is 13.9. The first kappa shape index (κ1) is 14.5. The molecule has 0 spiro atoms. The fourth-order valence-corrected chi connectivity index (χ4v) is 1.87. The summed E-state index contributed by atoms with van der Waals surface area (Å²) in [5, 5.41) is 12.6. The SMILES string of the molecule is CCC(C)C(O)CNC(=O)CN(CC)C1CC1. The van der Waals surface area contributed by atoms with Crippen molar-refractivity contribution >= 4 is 5.91 Å². The first-order valence-electron chi connectivity index (χ1n) is 6.77. The molecule has 1 aliphatic rings. The van der Waals surface area contributed by atoms with Crippen LogP contribution in [0.1, 0.15) is 40.0 Å². The highest BCUT2D eigenvalue weighted by atomic mass is 16.3. The number of rotatable bonds is 8. The van der Waals surface area contributed by atoms with Crippen LogP contribution in [0.25, 0.3) is 0 Å². The van der Waals surface area contributed by atoms with E-state index < -0.39 is 6.10 Å². The van der Waals surface area contributed by atoms with Gasteiger partial charge < -0.3 is 10.4 Å². The fraction of sp³-hybridized carbons (Fsp3) is 0.923. The van der Waals surface area contributed by atoms with Crippen molar-refractivity contribution in [3.63, 3.8) is 0 Å². The van der Waals surface area contributed by atoms with Gasteiger partial charge in [0.1, 0.15) is 0 Å². The molecule has 4 nitrogen and oxygen atoms in total. The predicted octanol–water partition coefficient (Wildman–Crippen LogP) is 0.994. The Hall–Kier alpha value is -0.610. The van der Waals surface area contributed by atoms with E-state index in [0.717, 1.165) is 13.0 Å². The summed E-state index contributed by atoms with van der Waals surface area (Å²) in [6.45, 7) is 7.89. The third-order valence-electron chi connectivity index (χ3n) is 3.63. The number of nitrogens with one attached hydrogen (secondary N) is 1.